The summed E-state index contributed by atoms with van der Waals surface area (Å²) in [7, 11) is 0. The number of piperidine rings is 1. The van der Waals surface area contributed by atoms with Crippen molar-refractivity contribution >= 4 is 57.2 Å². The Morgan fingerprint density at radius 3 is 2.63 bits per heavy atom. The summed E-state index contributed by atoms with van der Waals surface area (Å²) in [5.41, 5.74) is 1.06. The number of ether oxygens (including phenoxy) is 2. The van der Waals surface area contributed by atoms with Gasteiger partial charge in [-0.3, -0.25) is 39.3 Å². The minimum Gasteiger partial charge on any atom is -0.508 e. The van der Waals surface area contributed by atoms with E-state index in [1.807, 2.05) is 0 Å². The highest BCUT2D eigenvalue weighted by Crippen LogP contribution is 2.45. The molecule has 6 aliphatic rings. The summed E-state index contributed by atoms with van der Waals surface area (Å²) in [6, 6.07) is 9.55. The van der Waals surface area contributed by atoms with Gasteiger partial charge in [0.25, 0.3) is 11.8 Å². The zero-order valence-corrected chi connectivity index (χ0v) is 41.0. The van der Waals surface area contributed by atoms with Crippen LogP contribution < -0.4 is 25.6 Å². The third-order valence-electron chi connectivity index (χ3n) is 15.4. The zero-order chi connectivity index (χ0) is 52.1. The van der Waals surface area contributed by atoms with Gasteiger partial charge in [-0.25, -0.2) is 13.6 Å². The van der Waals surface area contributed by atoms with Crippen LogP contribution in [0.25, 0.3) is 32.9 Å². The van der Waals surface area contributed by atoms with Gasteiger partial charge < -0.3 is 30.1 Å². The lowest BCUT2D eigenvalue weighted by molar-refractivity contribution is -0.136. The third-order valence-corrected chi connectivity index (χ3v) is 15.4. The molecule has 6 aliphatic heterocycles. The number of phenolic OH excluding ortho intramolecular Hbond substituents is 1. The predicted molar refractivity (Wildman–Crippen MR) is 271 cm³/mol. The number of pyridine rings is 1. The maximum absolute atomic E-state index is 17.2. The van der Waals surface area contributed by atoms with E-state index in [1.165, 1.54) is 36.5 Å². The summed E-state index contributed by atoms with van der Waals surface area (Å²) < 4.78 is 44.6. The molecule has 4 N–H and O–H groups in total. The van der Waals surface area contributed by atoms with Crippen LogP contribution in [0.3, 0.4) is 0 Å². The predicted octanol–water partition coefficient (Wildman–Crippen LogP) is 6.03. The van der Waals surface area contributed by atoms with Gasteiger partial charge in [-0.15, -0.1) is 6.42 Å². The number of benzene rings is 3. The number of fused-ring (bicyclic) bond motifs is 6. The fraction of sp³-hybridized carbons (Fsp3) is 0.393. The summed E-state index contributed by atoms with van der Waals surface area (Å²) in [6.07, 6.45) is 13.6. The van der Waals surface area contributed by atoms with E-state index in [1.54, 1.807) is 12.1 Å². The molecule has 75 heavy (non-hydrogen) atoms. The quantitative estimate of drug-likeness (QED) is 0.0460. The number of nitrogens with zero attached hydrogens (tertiary/aromatic N) is 6. The highest BCUT2D eigenvalue weighted by molar-refractivity contribution is 6.24. The van der Waals surface area contributed by atoms with Gasteiger partial charge in [0.15, 0.2) is 5.82 Å². The first-order valence-corrected chi connectivity index (χ1v) is 25.4. The zero-order valence-electron chi connectivity index (χ0n) is 41.0. The molecule has 0 aliphatic carbocycles. The number of hydrogen-bond donors (Lipinski definition) is 4. The molecule has 11 rings (SSSR count). The number of halogens is 2. The Morgan fingerprint density at radius 1 is 1.00 bits per heavy atom. The number of phenols is 1. The van der Waals surface area contributed by atoms with E-state index in [0.717, 1.165) is 49.0 Å². The van der Waals surface area contributed by atoms with Gasteiger partial charge in [0.05, 0.1) is 27.6 Å². The van der Waals surface area contributed by atoms with Gasteiger partial charge in [-0.05, 0) is 87.1 Å². The van der Waals surface area contributed by atoms with Crippen LogP contribution in [-0.2, 0) is 14.3 Å². The summed E-state index contributed by atoms with van der Waals surface area (Å²) in [5.74, 6) is 5.03. The molecule has 0 radical (unpaired) electrons. The Labute approximate surface area is 430 Å². The molecule has 8 heterocycles. The van der Waals surface area contributed by atoms with E-state index in [2.05, 4.69) is 60.1 Å². The minimum atomic E-state index is -1.06. The Balaban J connectivity index is 0.712. The number of imide groups is 2. The highest BCUT2D eigenvalue weighted by Gasteiger charge is 2.52. The molecule has 0 spiro atoms. The number of amides is 5. The maximum atomic E-state index is 17.2. The molecule has 5 unspecified atom stereocenters. The molecule has 5 fully saturated rings. The fourth-order valence-electron chi connectivity index (χ4n) is 11.9. The van der Waals surface area contributed by atoms with E-state index in [9.17, 15) is 29.1 Å². The summed E-state index contributed by atoms with van der Waals surface area (Å²) in [6.45, 7) is 6.87. The van der Waals surface area contributed by atoms with Crippen molar-refractivity contribution in [1.82, 2.24) is 40.7 Å². The molecule has 5 aromatic rings. The standard InChI is InChI=1S/C56H53F2N9O8/c1-3-38-42(57)16-13-33-22-37(68)23-40(45(33)38)48-47(58)49-41(25-60-48)50(65-27-34-14-15-35(28-65)61-34)64-54(63-49)75-30-56-20-19-36(66(56)26-31(2)24-56)29-74-55(73)59-21-8-6-4-5-7-10-32-11-9-12-39-46(32)53(72)67(52(39)71)43-17-18-44(69)62-51(43)70/h1,9,11-13,16,22-23,25,34-36,43,61,68H,2,4-6,8,14-15,17-21,24,26-30H2,(H,59,73)(H,62,69,70). The number of terminal acetylenes is 1. The smallest absolute Gasteiger partial charge is 0.407 e. The highest BCUT2D eigenvalue weighted by atomic mass is 19.1. The monoisotopic (exact) mass is 1020 g/mol. The van der Waals surface area contributed by atoms with Gasteiger partial charge >= 0.3 is 12.1 Å². The number of rotatable bonds is 13. The van der Waals surface area contributed by atoms with E-state index < -0.39 is 52.9 Å². The van der Waals surface area contributed by atoms with E-state index in [0.29, 0.717) is 67.6 Å². The maximum Gasteiger partial charge on any atom is 0.407 e. The number of piperazine rings is 1. The second-order valence-corrected chi connectivity index (χ2v) is 20.3. The molecule has 2 aromatic heterocycles. The van der Waals surface area contributed by atoms with Crippen LogP contribution >= 0.6 is 0 Å². The lowest BCUT2D eigenvalue weighted by Crippen LogP contribution is -2.54. The molecular formula is C56H53F2N9O8. The Hall–Kier alpha value is -8.00. The molecule has 17 nitrogen and oxygen atoms in total. The van der Waals surface area contributed by atoms with Crippen LogP contribution in [0.4, 0.5) is 19.4 Å². The van der Waals surface area contributed by atoms with Crippen LogP contribution in [-0.4, -0.2) is 129 Å². The Kier molecular flexibility index (Phi) is 13.1. The number of carbonyl (C=O) groups is 5. The number of alkyl carbamates (subject to hydrolysis) is 1. The molecule has 3 aromatic carbocycles. The van der Waals surface area contributed by atoms with Crippen molar-refractivity contribution in [3.8, 4) is 47.2 Å². The van der Waals surface area contributed by atoms with Crippen molar-refractivity contribution in [2.75, 3.05) is 44.3 Å². The Morgan fingerprint density at radius 2 is 1.83 bits per heavy atom. The summed E-state index contributed by atoms with van der Waals surface area (Å²) >= 11 is 0. The van der Waals surface area contributed by atoms with E-state index in [-0.39, 0.29) is 94.8 Å². The molecule has 5 atom stereocenters. The topological polar surface area (TPSA) is 209 Å². The van der Waals surface area contributed by atoms with E-state index >= 15 is 8.78 Å². The van der Waals surface area contributed by atoms with Gasteiger partial charge in [-0.1, -0.05) is 48.5 Å². The van der Waals surface area contributed by atoms with Crippen LogP contribution in [0.15, 0.2) is 60.8 Å². The van der Waals surface area contributed by atoms with Crippen molar-refractivity contribution in [3.05, 3.63) is 94.7 Å². The summed E-state index contributed by atoms with van der Waals surface area (Å²) in [4.78, 5) is 83.0. The van der Waals surface area contributed by atoms with Gasteiger partial charge in [0.1, 0.15) is 47.9 Å². The molecule has 384 valence electrons. The normalized spacial score (nSPS) is 23.0. The molecule has 5 saturated heterocycles. The number of unbranched alkanes of at least 4 members (excludes halogenated alkanes) is 3. The van der Waals surface area contributed by atoms with Crippen LogP contribution in [0.1, 0.15) is 102 Å². The molecule has 2 bridgehead atoms. The molecule has 5 amide bonds. The first-order chi connectivity index (χ1) is 36.3. The lowest BCUT2D eigenvalue weighted by atomic mass is 9.94. The van der Waals surface area contributed by atoms with Gasteiger partial charge in [0, 0.05) is 79.9 Å². The number of nitrogens with one attached hydrogen (secondary N) is 3. The van der Waals surface area contributed by atoms with Crippen LogP contribution in [0, 0.1) is 35.8 Å². The summed E-state index contributed by atoms with van der Waals surface area (Å²) in [5, 5.41) is 20.4. The average molecular weight is 1020 g/mol. The van der Waals surface area contributed by atoms with Crippen LogP contribution in [0.2, 0.25) is 0 Å². The van der Waals surface area contributed by atoms with Crippen molar-refractivity contribution in [3.63, 3.8) is 0 Å². The number of carbonyl (C=O) groups excluding carboxylic acids is 5. The minimum absolute atomic E-state index is 0.0258. The van der Waals surface area contributed by atoms with Crippen molar-refractivity contribution < 1.29 is 47.3 Å². The second-order valence-electron chi connectivity index (χ2n) is 20.3. The number of aromatic hydroxyl groups is 1. The number of aromatic nitrogens is 3. The Bertz CT molecular complexity index is 3360. The van der Waals surface area contributed by atoms with E-state index in [4.69, 9.17) is 20.9 Å². The average Bonchev–Trinajstić information content (AvgIpc) is 4.13. The third kappa shape index (κ3) is 9.25. The number of hydrogen-bond acceptors (Lipinski definition) is 14. The molecule has 0 saturated carbocycles. The van der Waals surface area contributed by atoms with Gasteiger partial charge in [0.2, 0.25) is 11.8 Å². The van der Waals surface area contributed by atoms with Crippen molar-refractivity contribution in [1.29, 1.82) is 0 Å². The SMILES string of the molecule is C#Cc1c(F)ccc2cc(O)cc(-c3ncc4c(N5CC6CCC(C5)N6)nc(OCC56CCC(COC(=O)NCCCCCC#Cc7cccc8c7C(=O)N(C7CCC(=O)NC7=O)C8=O)N5CC(=C)C6)nc4c3F)c12. The second kappa shape index (κ2) is 20.0. The van der Waals surface area contributed by atoms with Gasteiger partial charge in [-0.2, -0.15) is 9.97 Å². The first-order valence-electron chi connectivity index (χ1n) is 25.4. The number of anilines is 1. The lowest BCUT2D eigenvalue weighted by Gasteiger charge is -2.35. The van der Waals surface area contributed by atoms with Crippen molar-refractivity contribution in [2.45, 2.75) is 100 Å². The van der Waals surface area contributed by atoms with Crippen LogP contribution in [0.5, 0.6) is 11.8 Å². The molecule has 19 heteroatoms. The molecular weight excluding hydrogens is 965 g/mol. The van der Waals surface area contributed by atoms with Crippen molar-refractivity contribution in [2.24, 2.45) is 0 Å². The largest absolute Gasteiger partial charge is 0.508 e. The first kappa shape index (κ1) is 49.2. The fourth-order valence-corrected chi connectivity index (χ4v) is 11.9.